The van der Waals surface area contributed by atoms with Crippen LogP contribution >= 0.6 is 11.3 Å². The first-order valence-corrected chi connectivity index (χ1v) is 7.16. The first kappa shape index (κ1) is 12.8. The molecule has 102 valence electrons. The summed E-state index contributed by atoms with van der Waals surface area (Å²) < 4.78 is 1.89. The van der Waals surface area contributed by atoms with Crippen molar-refractivity contribution in [3.63, 3.8) is 0 Å². The fourth-order valence-corrected chi connectivity index (χ4v) is 2.63. The summed E-state index contributed by atoms with van der Waals surface area (Å²) >= 11 is 1.54. The lowest BCUT2D eigenvalue weighted by Gasteiger charge is -1.95. The van der Waals surface area contributed by atoms with Crippen molar-refractivity contribution in [2.24, 2.45) is 12.1 Å². The fraction of sp³-hybridized carbons (Fsp3) is 0.214. The van der Waals surface area contributed by atoms with Crippen LogP contribution in [0.4, 0.5) is 5.13 Å². The molecule has 0 amide bonds. The van der Waals surface area contributed by atoms with Crippen LogP contribution in [0.25, 0.3) is 10.9 Å². The first-order chi connectivity index (χ1) is 9.63. The van der Waals surface area contributed by atoms with Crippen molar-refractivity contribution < 1.29 is 0 Å². The molecule has 3 rings (SSSR count). The molecule has 5 nitrogen and oxygen atoms in total. The molecule has 0 fully saturated rings. The number of benzene rings is 1. The van der Waals surface area contributed by atoms with E-state index >= 15 is 0 Å². The number of nitrogens with zero attached hydrogens (tertiary/aromatic N) is 4. The van der Waals surface area contributed by atoms with Crippen molar-refractivity contribution in [2.45, 2.75) is 13.8 Å². The molecule has 0 aliphatic heterocycles. The standard InChI is InChI=1S/C14H15N5S/c1-9-8-20-14(16-9)17-15-7-11-4-5-12-10(2)19(3)18-13(12)6-11/h4-8H,1-3H3,(H,16,17). The average Bonchev–Trinajstić information content (AvgIpc) is 2.95. The molecule has 3 aromatic rings. The lowest BCUT2D eigenvalue weighted by Crippen LogP contribution is -1.91. The Labute approximate surface area is 121 Å². The summed E-state index contributed by atoms with van der Waals surface area (Å²) in [6.07, 6.45) is 1.78. The molecule has 0 atom stereocenters. The minimum Gasteiger partial charge on any atom is -0.272 e. The molecule has 0 saturated heterocycles. The Morgan fingerprint density at radius 3 is 2.95 bits per heavy atom. The number of fused-ring (bicyclic) bond motifs is 1. The topological polar surface area (TPSA) is 55.1 Å². The maximum absolute atomic E-state index is 4.47. The molecule has 0 saturated carbocycles. The molecule has 0 aliphatic carbocycles. The van der Waals surface area contributed by atoms with Crippen molar-refractivity contribution in [3.05, 3.63) is 40.5 Å². The van der Waals surface area contributed by atoms with Gasteiger partial charge in [0.1, 0.15) is 0 Å². The van der Waals surface area contributed by atoms with E-state index in [2.05, 4.69) is 33.6 Å². The SMILES string of the molecule is Cc1csc(NN=Cc2ccc3c(C)n(C)nc3c2)n1. The monoisotopic (exact) mass is 285 g/mol. The average molecular weight is 285 g/mol. The van der Waals surface area contributed by atoms with Gasteiger partial charge >= 0.3 is 0 Å². The number of hydrazone groups is 1. The van der Waals surface area contributed by atoms with E-state index in [0.29, 0.717) is 0 Å². The molecule has 0 aliphatic rings. The van der Waals surface area contributed by atoms with Crippen molar-refractivity contribution in [1.29, 1.82) is 0 Å². The molecule has 2 heterocycles. The van der Waals surface area contributed by atoms with Gasteiger partial charge in [0.25, 0.3) is 0 Å². The van der Waals surface area contributed by atoms with Crippen LogP contribution in [-0.2, 0) is 7.05 Å². The van der Waals surface area contributed by atoms with Crippen LogP contribution in [-0.4, -0.2) is 21.0 Å². The molecule has 6 heteroatoms. The third-order valence-electron chi connectivity index (χ3n) is 3.15. The van der Waals surface area contributed by atoms with Gasteiger partial charge in [0, 0.05) is 23.5 Å². The number of anilines is 1. The van der Waals surface area contributed by atoms with E-state index in [1.165, 1.54) is 11.1 Å². The zero-order valence-corrected chi connectivity index (χ0v) is 12.4. The number of nitrogens with one attached hydrogen (secondary N) is 1. The van der Waals surface area contributed by atoms with Gasteiger partial charge in [0.05, 0.1) is 17.4 Å². The highest BCUT2D eigenvalue weighted by atomic mass is 32.1. The van der Waals surface area contributed by atoms with Crippen molar-refractivity contribution in [1.82, 2.24) is 14.8 Å². The lowest BCUT2D eigenvalue weighted by molar-refractivity contribution is 0.751. The van der Waals surface area contributed by atoms with Gasteiger partial charge in [-0.25, -0.2) is 4.98 Å². The quantitative estimate of drug-likeness (QED) is 0.594. The second kappa shape index (κ2) is 5.05. The van der Waals surface area contributed by atoms with Crippen LogP contribution in [0.1, 0.15) is 17.0 Å². The molecule has 1 N–H and O–H groups in total. The summed E-state index contributed by atoms with van der Waals surface area (Å²) in [7, 11) is 1.95. The van der Waals surface area contributed by atoms with Crippen molar-refractivity contribution in [2.75, 3.05) is 5.43 Å². The van der Waals surface area contributed by atoms with Gasteiger partial charge in [-0.2, -0.15) is 10.2 Å². The third-order valence-corrected chi connectivity index (χ3v) is 4.01. The Morgan fingerprint density at radius 2 is 2.20 bits per heavy atom. The Bertz CT molecular complexity index is 784. The molecule has 0 radical (unpaired) electrons. The van der Waals surface area contributed by atoms with Crippen LogP contribution in [0.2, 0.25) is 0 Å². The molecule has 0 unspecified atom stereocenters. The van der Waals surface area contributed by atoms with E-state index in [9.17, 15) is 0 Å². The second-order valence-corrected chi connectivity index (χ2v) is 5.51. The minimum atomic E-state index is 0.800. The summed E-state index contributed by atoms with van der Waals surface area (Å²) in [6, 6.07) is 6.14. The Kier molecular flexibility index (Phi) is 3.23. The summed E-state index contributed by atoms with van der Waals surface area (Å²) in [4.78, 5) is 4.28. The summed E-state index contributed by atoms with van der Waals surface area (Å²) in [5.74, 6) is 0. The van der Waals surface area contributed by atoms with Gasteiger partial charge in [-0.3, -0.25) is 10.1 Å². The maximum atomic E-state index is 4.47. The van der Waals surface area contributed by atoms with Gasteiger partial charge in [-0.05, 0) is 25.5 Å². The summed E-state index contributed by atoms with van der Waals surface area (Å²) in [5, 5.41) is 12.6. The predicted molar refractivity (Wildman–Crippen MR) is 83.5 cm³/mol. The number of thiazole rings is 1. The van der Waals surface area contributed by atoms with Crippen LogP contribution < -0.4 is 5.43 Å². The molecular weight excluding hydrogens is 270 g/mol. The molecule has 0 spiro atoms. The number of aryl methyl sites for hydroxylation is 3. The predicted octanol–water partition coefficient (Wildman–Crippen LogP) is 3.09. The third kappa shape index (κ3) is 2.42. The van der Waals surface area contributed by atoms with E-state index in [4.69, 9.17) is 0 Å². The lowest BCUT2D eigenvalue weighted by atomic mass is 10.1. The van der Waals surface area contributed by atoms with E-state index in [1.807, 2.05) is 36.2 Å². The van der Waals surface area contributed by atoms with E-state index in [0.717, 1.165) is 21.9 Å². The van der Waals surface area contributed by atoms with Gasteiger partial charge < -0.3 is 0 Å². The largest absolute Gasteiger partial charge is 0.272 e. The van der Waals surface area contributed by atoms with Crippen LogP contribution in [0.3, 0.4) is 0 Å². The second-order valence-electron chi connectivity index (χ2n) is 4.65. The highest BCUT2D eigenvalue weighted by Crippen LogP contribution is 2.18. The molecular formula is C14H15N5S. The number of hydrogen-bond acceptors (Lipinski definition) is 5. The number of aromatic nitrogens is 3. The van der Waals surface area contributed by atoms with Gasteiger partial charge in [0.2, 0.25) is 5.13 Å². The summed E-state index contributed by atoms with van der Waals surface area (Å²) in [5.41, 5.74) is 7.09. The normalized spacial score (nSPS) is 11.6. The van der Waals surface area contributed by atoms with Gasteiger partial charge in [-0.15, -0.1) is 11.3 Å². The highest BCUT2D eigenvalue weighted by molar-refractivity contribution is 7.13. The zero-order chi connectivity index (χ0) is 14.1. The zero-order valence-electron chi connectivity index (χ0n) is 11.6. The van der Waals surface area contributed by atoms with Gasteiger partial charge in [-0.1, -0.05) is 12.1 Å². The maximum Gasteiger partial charge on any atom is 0.203 e. The first-order valence-electron chi connectivity index (χ1n) is 6.28. The number of rotatable bonds is 3. The minimum absolute atomic E-state index is 0.800. The molecule has 1 aromatic carbocycles. The molecule has 2 aromatic heterocycles. The van der Waals surface area contributed by atoms with Gasteiger partial charge in [0.15, 0.2) is 0 Å². The highest BCUT2D eigenvalue weighted by Gasteiger charge is 2.04. The van der Waals surface area contributed by atoms with E-state index in [-0.39, 0.29) is 0 Å². The van der Waals surface area contributed by atoms with Crippen molar-refractivity contribution >= 4 is 33.6 Å². The smallest absolute Gasteiger partial charge is 0.203 e. The molecule has 0 bridgehead atoms. The Morgan fingerprint density at radius 1 is 1.35 bits per heavy atom. The Hall–Kier alpha value is -2.21. The number of hydrogen-bond donors (Lipinski definition) is 1. The van der Waals surface area contributed by atoms with E-state index < -0.39 is 0 Å². The fourth-order valence-electron chi connectivity index (χ4n) is 2.00. The van der Waals surface area contributed by atoms with Crippen LogP contribution in [0.15, 0.2) is 28.7 Å². The molecule has 20 heavy (non-hydrogen) atoms. The van der Waals surface area contributed by atoms with Crippen LogP contribution in [0.5, 0.6) is 0 Å². The summed E-state index contributed by atoms with van der Waals surface area (Å²) in [6.45, 7) is 4.03. The Balaban J connectivity index is 1.80. The van der Waals surface area contributed by atoms with Crippen LogP contribution in [0, 0.1) is 13.8 Å². The van der Waals surface area contributed by atoms with E-state index in [1.54, 1.807) is 17.6 Å². The van der Waals surface area contributed by atoms with Crippen molar-refractivity contribution in [3.8, 4) is 0 Å².